The summed E-state index contributed by atoms with van der Waals surface area (Å²) < 4.78 is 0. The van der Waals surface area contributed by atoms with E-state index in [2.05, 4.69) is 50.0 Å². The molecule has 1 rings (SSSR count). The van der Waals surface area contributed by atoms with E-state index in [1.54, 1.807) is 0 Å². The van der Waals surface area contributed by atoms with Crippen LogP contribution in [0.1, 0.15) is 33.6 Å². The maximum absolute atomic E-state index is 3.50. The second kappa shape index (κ2) is 7.34. The molecule has 0 heterocycles. The molecule has 17 heavy (non-hydrogen) atoms. The van der Waals surface area contributed by atoms with Crippen LogP contribution in [0, 0.1) is 5.92 Å². The lowest BCUT2D eigenvalue weighted by molar-refractivity contribution is 0.0291. The number of hydrogen-bond donors (Lipinski definition) is 1. The van der Waals surface area contributed by atoms with Crippen LogP contribution in [0.4, 0.5) is 0 Å². The third kappa shape index (κ3) is 4.23. The number of nitrogens with zero attached hydrogens (tertiary/aromatic N) is 2. The van der Waals surface area contributed by atoms with E-state index in [1.807, 2.05) is 0 Å². The van der Waals surface area contributed by atoms with Crippen molar-refractivity contribution < 1.29 is 0 Å². The Labute approximate surface area is 108 Å². The second-order valence-electron chi connectivity index (χ2n) is 5.65. The first kappa shape index (κ1) is 14.9. The Kier molecular flexibility index (Phi) is 6.45. The summed E-state index contributed by atoms with van der Waals surface area (Å²) in [5, 5.41) is 3.50. The minimum Gasteiger partial charge on any atom is -0.317 e. The summed E-state index contributed by atoms with van der Waals surface area (Å²) in [6, 6.07) is 1.48. The third-order valence-electron chi connectivity index (χ3n) is 4.02. The lowest BCUT2D eigenvalue weighted by Gasteiger charge is -2.47. The summed E-state index contributed by atoms with van der Waals surface area (Å²) in [4.78, 5) is 5.00. The van der Waals surface area contributed by atoms with Crippen molar-refractivity contribution in [3.63, 3.8) is 0 Å². The van der Waals surface area contributed by atoms with Crippen molar-refractivity contribution in [3.05, 3.63) is 0 Å². The highest BCUT2D eigenvalue weighted by Gasteiger charge is 2.36. The molecule has 0 aromatic carbocycles. The van der Waals surface area contributed by atoms with Crippen LogP contribution in [0.15, 0.2) is 0 Å². The first-order valence-electron chi connectivity index (χ1n) is 7.21. The normalized spacial score (nSPS) is 26.3. The Hall–Kier alpha value is -0.120. The fourth-order valence-corrected chi connectivity index (χ4v) is 3.06. The summed E-state index contributed by atoms with van der Waals surface area (Å²) in [5.41, 5.74) is 0. The topological polar surface area (TPSA) is 18.5 Å². The van der Waals surface area contributed by atoms with Crippen LogP contribution in [0.5, 0.6) is 0 Å². The van der Waals surface area contributed by atoms with Crippen molar-refractivity contribution in [1.29, 1.82) is 0 Å². The van der Waals surface area contributed by atoms with E-state index in [4.69, 9.17) is 0 Å². The van der Waals surface area contributed by atoms with E-state index < -0.39 is 0 Å². The van der Waals surface area contributed by atoms with Gasteiger partial charge in [0.15, 0.2) is 0 Å². The first-order chi connectivity index (χ1) is 8.10. The standard InChI is InChI=1S/C14H31N3/c1-6-15-10-13-8-9-14(13)17(7-2)12(3)11-16(4)5/h12-15H,6-11H2,1-5H3. The molecule has 1 aliphatic carbocycles. The molecule has 0 aromatic heterocycles. The number of likely N-dealkylation sites (N-methyl/N-ethyl adjacent to an activating group) is 2. The highest BCUT2D eigenvalue weighted by atomic mass is 15.2. The van der Waals surface area contributed by atoms with Crippen LogP contribution < -0.4 is 5.32 Å². The maximum Gasteiger partial charge on any atom is 0.0197 e. The molecular formula is C14H31N3. The largest absolute Gasteiger partial charge is 0.317 e. The van der Waals surface area contributed by atoms with Crippen LogP contribution in [-0.2, 0) is 0 Å². The van der Waals surface area contributed by atoms with Gasteiger partial charge in [0.1, 0.15) is 0 Å². The Morgan fingerprint density at radius 2 is 1.94 bits per heavy atom. The average molecular weight is 241 g/mol. The summed E-state index contributed by atoms with van der Waals surface area (Å²) >= 11 is 0. The van der Waals surface area contributed by atoms with Gasteiger partial charge >= 0.3 is 0 Å². The molecule has 102 valence electrons. The van der Waals surface area contributed by atoms with E-state index in [-0.39, 0.29) is 0 Å². The minimum absolute atomic E-state index is 0.671. The van der Waals surface area contributed by atoms with E-state index >= 15 is 0 Å². The van der Waals surface area contributed by atoms with Crippen LogP contribution in [-0.4, -0.2) is 62.2 Å². The SMILES string of the molecule is CCNCC1CCC1N(CC)C(C)CN(C)C. The van der Waals surface area contributed by atoms with Gasteiger partial charge in [-0.1, -0.05) is 13.8 Å². The molecule has 1 N–H and O–H groups in total. The van der Waals surface area contributed by atoms with E-state index in [0.29, 0.717) is 6.04 Å². The zero-order valence-electron chi connectivity index (χ0n) is 12.4. The summed E-state index contributed by atoms with van der Waals surface area (Å²) in [6.45, 7) is 11.5. The lowest BCUT2D eigenvalue weighted by atomic mass is 9.77. The molecule has 1 fully saturated rings. The van der Waals surface area contributed by atoms with Crippen LogP contribution in [0.2, 0.25) is 0 Å². The van der Waals surface area contributed by atoms with Crippen molar-refractivity contribution >= 4 is 0 Å². The predicted molar refractivity (Wildman–Crippen MR) is 75.5 cm³/mol. The quantitative estimate of drug-likeness (QED) is 0.697. The predicted octanol–water partition coefficient (Wildman–Crippen LogP) is 1.65. The van der Waals surface area contributed by atoms with Gasteiger partial charge in [-0.15, -0.1) is 0 Å². The molecule has 3 nitrogen and oxygen atoms in total. The third-order valence-corrected chi connectivity index (χ3v) is 4.02. The van der Waals surface area contributed by atoms with Gasteiger partial charge in [0, 0.05) is 18.6 Å². The number of hydrogen-bond acceptors (Lipinski definition) is 3. The van der Waals surface area contributed by atoms with Crippen molar-refractivity contribution in [1.82, 2.24) is 15.1 Å². The highest BCUT2D eigenvalue weighted by Crippen LogP contribution is 2.32. The Balaban J connectivity index is 2.43. The van der Waals surface area contributed by atoms with Gasteiger partial charge in [-0.2, -0.15) is 0 Å². The maximum atomic E-state index is 3.50. The van der Waals surface area contributed by atoms with Gasteiger partial charge in [-0.3, -0.25) is 4.90 Å². The van der Waals surface area contributed by atoms with Gasteiger partial charge in [0.25, 0.3) is 0 Å². The monoisotopic (exact) mass is 241 g/mol. The first-order valence-corrected chi connectivity index (χ1v) is 7.21. The molecule has 1 aliphatic rings. The van der Waals surface area contributed by atoms with Crippen LogP contribution in [0.25, 0.3) is 0 Å². The molecule has 0 amide bonds. The second-order valence-corrected chi connectivity index (χ2v) is 5.65. The van der Waals surface area contributed by atoms with Gasteiger partial charge in [-0.25, -0.2) is 0 Å². The molecule has 1 saturated carbocycles. The molecule has 3 atom stereocenters. The Bertz CT molecular complexity index is 206. The highest BCUT2D eigenvalue weighted by molar-refractivity contribution is 4.91. The van der Waals surface area contributed by atoms with E-state index in [0.717, 1.165) is 25.0 Å². The van der Waals surface area contributed by atoms with Crippen LogP contribution >= 0.6 is 0 Å². The van der Waals surface area contributed by atoms with Gasteiger partial charge in [-0.05, 0) is 59.4 Å². The zero-order chi connectivity index (χ0) is 12.8. The minimum atomic E-state index is 0.671. The zero-order valence-corrected chi connectivity index (χ0v) is 12.4. The molecule has 0 bridgehead atoms. The lowest BCUT2D eigenvalue weighted by Crippen LogP contribution is -2.55. The molecule has 3 heteroatoms. The van der Waals surface area contributed by atoms with Crippen molar-refractivity contribution in [2.24, 2.45) is 5.92 Å². The Morgan fingerprint density at radius 1 is 1.24 bits per heavy atom. The van der Waals surface area contributed by atoms with Gasteiger partial charge in [0.05, 0.1) is 0 Å². The fourth-order valence-electron chi connectivity index (χ4n) is 3.06. The molecule has 0 spiro atoms. The molecule has 3 unspecified atom stereocenters. The van der Waals surface area contributed by atoms with E-state index in [9.17, 15) is 0 Å². The molecule has 0 aromatic rings. The van der Waals surface area contributed by atoms with Gasteiger partial charge in [0.2, 0.25) is 0 Å². The molecule has 0 radical (unpaired) electrons. The Morgan fingerprint density at radius 3 is 2.35 bits per heavy atom. The summed E-state index contributed by atoms with van der Waals surface area (Å²) in [6.07, 6.45) is 2.80. The summed E-state index contributed by atoms with van der Waals surface area (Å²) in [5.74, 6) is 0.875. The van der Waals surface area contributed by atoms with Crippen LogP contribution in [0.3, 0.4) is 0 Å². The van der Waals surface area contributed by atoms with Crippen molar-refractivity contribution in [2.75, 3.05) is 40.3 Å². The van der Waals surface area contributed by atoms with Crippen molar-refractivity contribution in [3.8, 4) is 0 Å². The fraction of sp³-hybridized carbons (Fsp3) is 1.00. The van der Waals surface area contributed by atoms with Gasteiger partial charge < -0.3 is 10.2 Å². The number of nitrogens with one attached hydrogen (secondary N) is 1. The summed E-state index contributed by atoms with van der Waals surface area (Å²) in [7, 11) is 4.34. The molecule has 0 saturated heterocycles. The average Bonchev–Trinajstić information content (AvgIpc) is 2.23. The molecule has 0 aliphatic heterocycles. The molecular weight excluding hydrogens is 210 g/mol. The number of rotatable bonds is 8. The van der Waals surface area contributed by atoms with Crippen molar-refractivity contribution in [2.45, 2.75) is 45.7 Å². The van der Waals surface area contributed by atoms with E-state index in [1.165, 1.54) is 25.9 Å². The smallest absolute Gasteiger partial charge is 0.0197 e.